The molecule has 4 nitrogen and oxygen atoms in total. The van der Waals surface area contributed by atoms with E-state index in [1.807, 2.05) is 18.0 Å². The molecule has 1 atom stereocenters. The molecule has 1 unspecified atom stereocenters. The molecule has 0 spiro atoms. The first-order chi connectivity index (χ1) is 11.4. The van der Waals surface area contributed by atoms with Crippen LogP contribution in [0.2, 0.25) is 0 Å². The van der Waals surface area contributed by atoms with Gasteiger partial charge in [0.2, 0.25) is 5.91 Å². The van der Waals surface area contributed by atoms with Gasteiger partial charge in [-0.25, -0.2) is 0 Å². The molecule has 0 rings (SSSR count). The van der Waals surface area contributed by atoms with Crippen LogP contribution in [0.25, 0.3) is 0 Å². The van der Waals surface area contributed by atoms with Gasteiger partial charge >= 0.3 is 6.65 Å². The maximum Gasteiger partial charge on any atom is 0.306 e. The van der Waals surface area contributed by atoms with Gasteiger partial charge in [0.1, 0.15) is 0 Å². The molecule has 0 fully saturated rings. The van der Waals surface area contributed by atoms with E-state index in [4.69, 9.17) is 0 Å². The summed E-state index contributed by atoms with van der Waals surface area (Å²) in [6.45, 7) is 3.34. The van der Waals surface area contributed by atoms with E-state index in [9.17, 15) is 9.36 Å². The van der Waals surface area contributed by atoms with Crippen molar-refractivity contribution >= 4 is 35.9 Å². The van der Waals surface area contributed by atoms with Crippen LogP contribution in [-0.4, -0.2) is 40.3 Å². The lowest BCUT2D eigenvalue weighted by molar-refractivity contribution is -0.125. The van der Waals surface area contributed by atoms with Crippen LogP contribution in [0, 0.1) is 0 Å². The van der Waals surface area contributed by atoms with E-state index in [1.165, 1.54) is 54.6 Å². The molecule has 0 saturated heterocycles. The number of rotatable bonds is 15. The van der Waals surface area contributed by atoms with Gasteiger partial charge in [-0.3, -0.25) is 14.0 Å². The highest BCUT2D eigenvalue weighted by Crippen LogP contribution is 2.65. The number of nitrogens with zero attached hydrogens (tertiary/aromatic N) is 2. The van der Waals surface area contributed by atoms with Crippen LogP contribution in [0.3, 0.4) is 0 Å². The second kappa shape index (κ2) is 14.5. The normalized spacial score (nSPS) is 13.9. The van der Waals surface area contributed by atoms with Crippen molar-refractivity contribution in [3.63, 3.8) is 0 Å². The summed E-state index contributed by atoms with van der Waals surface area (Å²) in [6.07, 6.45) is 9.87. The van der Waals surface area contributed by atoms with E-state index >= 15 is 0 Å². The maximum atomic E-state index is 13.5. The molecule has 0 radical (unpaired) electrons. The molecular formula is C17H37N2O2PS2. The summed E-state index contributed by atoms with van der Waals surface area (Å²) in [7, 11) is 3.57. The molecule has 0 N–H and O–H groups in total. The third-order valence-corrected chi connectivity index (χ3v) is 11.6. The fourth-order valence-electron chi connectivity index (χ4n) is 2.24. The highest BCUT2D eigenvalue weighted by Gasteiger charge is 2.36. The molecule has 0 aromatic carbocycles. The van der Waals surface area contributed by atoms with Crippen LogP contribution in [0.1, 0.15) is 78.6 Å². The van der Waals surface area contributed by atoms with Crippen LogP contribution in [0.4, 0.5) is 0 Å². The first-order valence-electron chi connectivity index (χ1n) is 9.32. The van der Waals surface area contributed by atoms with Crippen LogP contribution in [0.5, 0.6) is 0 Å². The molecule has 0 aliphatic rings. The summed E-state index contributed by atoms with van der Waals surface area (Å²) in [6, 6.07) is 0. The number of carbonyl (C=O) groups excluding carboxylic acids is 1. The molecule has 0 aromatic rings. The van der Waals surface area contributed by atoms with Crippen molar-refractivity contribution in [2.24, 2.45) is 0 Å². The van der Waals surface area contributed by atoms with E-state index in [0.29, 0.717) is 6.42 Å². The van der Waals surface area contributed by atoms with Crippen molar-refractivity contribution in [2.45, 2.75) is 78.6 Å². The Kier molecular flexibility index (Phi) is 14.7. The molecule has 24 heavy (non-hydrogen) atoms. The SMILES string of the molecule is CCCCCCSN(C)P(=O)(SCCCCCC)N(C)C(=O)CC. The Morgan fingerprint density at radius 2 is 1.42 bits per heavy atom. The Morgan fingerprint density at radius 1 is 0.875 bits per heavy atom. The summed E-state index contributed by atoms with van der Waals surface area (Å²) in [4.78, 5) is 12.1. The molecule has 0 saturated carbocycles. The average molecular weight is 397 g/mol. The monoisotopic (exact) mass is 396 g/mol. The van der Waals surface area contributed by atoms with Crippen molar-refractivity contribution in [3.05, 3.63) is 0 Å². The van der Waals surface area contributed by atoms with Gasteiger partial charge in [-0.15, -0.1) is 0 Å². The molecule has 0 heterocycles. The summed E-state index contributed by atoms with van der Waals surface area (Å²) >= 11 is 3.08. The zero-order valence-corrected chi connectivity index (χ0v) is 18.8. The first kappa shape index (κ1) is 24.4. The number of amides is 1. The van der Waals surface area contributed by atoms with Gasteiger partial charge in [-0.05, 0) is 12.8 Å². The lowest BCUT2D eigenvalue weighted by Gasteiger charge is -2.33. The second-order valence-corrected chi connectivity index (χ2v) is 12.5. The minimum Gasteiger partial charge on any atom is -0.276 e. The highest BCUT2D eigenvalue weighted by molar-refractivity contribution is 8.57. The Bertz CT molecular complexity index is 384. The third-order valence-electron chi connectivity index (χ3n) is 3.93. The van der Waals surface area contributed by atoms with E-state index in [1.54, 1.807) is 19.0 Å². The third kappa shape index (κ3) is 9.17. The van der Waals surface area contributed by atoms with Gasteiger partial charge in [0.15, 0.2) is 0 Å². The lowest BCUT2D eigenvalue weighted by atomic mass is 10.2. The number of hydrogen-bond donors (Lipinski definition) is 0. The van der Waals surface area contributed by atoms with Crippen molar-refractivity contribution in [2.75, 3.05) is 25.6 Å². The van der Waals surface area contributed by atoms with Gasteiger partial charge < -0.3 is 0 Å². The van der Waals surface area contributed by atoms with Crippen LogP contribution in [0.15, 0.2) is 0 Å². The summed E-state index contributed by atoms with van der Waals surface area (Å²) in [5.74, 6) is 1.77. The number of carbonyl (C=O) groups is 1. The zero-order chi connectivity index (χ0) is 18.4. The quantitative estimate of drug-likeness (QED) is 0.181. The van der Waals surface area contributed by atoms with Gasteiger partial charge in [-0.2, -0.15) is 4.08 Å². The molecule has 0 aliphatic carbocycles. The minimum absolute atomic E-state index is 0.0437. The fraction of sp³-hybridized carbons (Fsp3) is 0.941. The standard InChI is InChI=1S/C17H37N2O2PS2/c1-6-9-11-13-15-23-19(5)22(21,18(4)17(20)8-3)24-16-14-12-10-7-2/h6-16H2,1-5H3. The summed E-state index contributed by atoms with van der Waals surface area (Å²) < 4.78 is 16.9. The smallest absolute Gasteiger partial charge is 0.276 e. The molecule has 0 aromatic heterocycles. The van der Waals surface area contributed by atoms with Crippen molar-refractivity contribution in [3.8, 4) is 0 Å². The van der Waals surface area contributed by atoms with Gasteiger partial charge in [-0.1, -0.05) is 82.6 Å². The van der Waals surface area contributed by atoms with E-state index in [-0.39, 0.29) is 5.91 Å². The molecule has 1 amide bonds. The lowest BCUT2D eigenvalue weighted by Crippen LogP contribution is -2.27. The Balaban J connectivity index is 4.65. The van der Waals surface area contributed by atoms with Crippen LogP contribution in [-0.2, 0) is 9.36 Å². The van der Waals surface area contributed by atoms with Crippen molar-refractivity contribution in [1.82, 2.24) is 8.75 Å². The Labute approximate surface area is 158 Å². The van der Waals surface area contributed by atoms with Gasteiger partial charge in [0.05, 0.1) is 0 Å². The van der Waals surface area contributed by atoms with E-state index in [0.717, 1.165) is 24.3 Å². The number of unbranched alkanes of at least 4 members (excludes halogenated alkanes) is 6. The fourth-order valence-corrected chi connectivity index (χ4v) is 8.93. The molecule has 144 valence electrons. The largest absolute Gasteiger partial charge is 0.306 e. The topological polar surface area (TPSA) is 40.6 Å². The first-order valence-corrected chi connectivity index (χ1v) is 13.5. The van der Waals surface area contributed by atoms with E-state index in [2.05, 4.69) is 13.8 Å². The molecule has 0 aliphatic heterocycles. The molecule has 0 bridgehead atoms. The van der Waals surface area contributed by atoms with Crippen LogP contribution >= 0.6 is 30.0 Å². The summed E-state index contributed by atoms with van der Waals surface area (Å²) in [5.41, 5.74) is 0. The second-order valence-electron chi connectivity index (χ2n) is 6.01. The van der Waals surface area contributed by atoms with Gasteiger partial charge in [0, 0.05) is 32.0 Å². The highest BCUT2D eigenvalue weighted by atomic mass is 32.7. The predicted molar refractivity (Wildman–Crippen MR) is 112 cm³/mol. The molecule has 7 heteroatoms. The van der Waals surface area contributed by atoms with Crippen LogP contribution < -0.4 is 0 Å². The number of hydrogen-bond acceptors (Lipinski definition) is 4. The Hall–Kier alpha value is 0.360. The van der Waals surface area contributed by atoms with Crippen molar-refractivity contribution in [1.29, 1.82) is 0 Å². The average Bonchev–Trinajstić information content (AvgIpc) is 2.59. The molecular weight excluding hydrogens is 359 g/mol. The Morgan fingerprint density at radius 3 is 1.92 bits per heavy atom. The zero-order valence-electron chi connectivity index (χ0n) is 16.3. The minimum atomic E-state index is -2.88. The van der Waals surface area contributed by atoms with Crippen molar-refractivity contribution < 1.29 is 9.36 Å². The summed E-state index contributed by atoms with van der Waals surface area (Å²) in [5, 5.41) is 0. The van der Waals surface area contributed by atoms with Gasteiger partial charge in [0.25, 0.3) is 0 Å². The predicted octanol–water partition coefficient (Wildman–Crippen LogP) is 6.44. The maximum absolute atomic E-state index is 13.5. The van der Waals surface area contributed by atoms with E-state index < -0.39 is 6.65 Å².